The molecule has 0 saturated carbocycles. The monoisotopic (exact) mass is 707 g/mol. The van der Waals surface area contributed by atoms with E-state index in [1.165, 1.54) is 122 Å². The average molecular weight is 707 g/mol. The van der Waals surface area contributed by atoms with E-state index >= 15 is 0 Å². The molecule has 0 aliphatic rings. The van der Waals surface area contributed by atoms with Crippen molar-refractivity contribution in [1.29, 1.82) is 0 Å². The number of hydrogen-bond acceptors (Lipinski definition) is 7. The van der Waals surface area contributed by atoms with Gasteiger partial charge in [-0.2, -0.15) is 0 Å². The van der Waals surface area contributed by atoms with Crippen LogP contribution in [0.2, 0.25) is 0 Å². The smallest absolute Gasteiger partial charge is 0.462 e. The third-order valence-corrected chi connectivity index (χ3v) is 9.62. The Kier molecular flexibility index (Phi) is 31.3. The minimum absolute atomic E-state index is 0.0350. The number of ether oxygens (including phenoxy) is 2. The fourth-order valence-electron chi connectivity index (χ4n) is 5.46. The van der Waals surface area contributed by atoms with Crippen molar-refractivity contribution in [2.24, 2.45) is 0 Å². The molecule has 10 heteroatoms. The molecule has 0 bridgehead atoms. The highest BCUT2D eigenvalue weighted by Crippen LogP contribution is 2.43. The van der Waals surface area contributed by atoms with Gasteiger partial charge >= 0.3 is 19.8 Å². The highest BCUT2D eigenvalue weighted by molar-refractivity contribution is 7.47. The van der Waals surface area contributed by atoms with Gasteiger partial charge in [-0.15, -0.1) is 0 Å². The molecule has 0 spiro atoms. The largest absolute Gasteiger partial charge is 0.472 e. The van der Waals surface area contributed by atoms with Crippen molar-refractivity contribution in [3.05, 3.63) is 0 Å². The molecule has 0 aliphatic heterocycles. The van der Waals surface area contributed by atoms with Gasteiger partial charge in [0, 0.05) is 12.8 Å². The van der Waals surface area contributed by atoms with E-state index in [0.717, 1.165) is 19.3 Å². The fraction of sp³-hybridized carbons (Fsp3) is 0.947. The number of nitrogens with zero attached hydrogens (tertiary/aromatic N) is 1. The molecule has 0 aromatic rings. The topological polar surface area (TPSA) is 108 Å². The van der Waals surface area contributed by atoms with Gasteiger partial charge in [-0.3, -0.25) is 18.6 Å². The fourth-order valence-corrected chi connectivity index (χ4v) is 6.20. The summed E-state index contributed by atoms with van der Waals surface area (Å²) in [5.74, 6) is -0.830. The lowest BCUT2D eigenvalue weighted by Gasteiger charge is -2.24. The molecule has 0 aromatic heterocycles. The standard InChI is InChI=1S/C38H76NO8P/c1-6-8-10-11-12-13-14-15-16-17-18-19-20-21-22-23-24-25-26-27-28-29-31-38(41)47-36(34-44-37(40)30-9-7-2)35-46-48(42,43)45-33-32-39(3,4)5/h36H,6-35H2,1-5H3/p+1. The summed E-state index contributed by atoms with van der Waals surface area (Å²) in [4.78, 5) is 34.5. The van der Waals surface area contributed by atoms with Gasteiger partial charge in [0.15, 0.2) is 6.10 Å². The van der Waals surface area contributed by atoms with Crippen molar-refractivity contribution in [3.8, 4) is 0 Å². The molecule has 0 aromatic carbocycles. The van der Waals surface area contributed by atoms with Crippen LogP contribution in [0.1, 0.15) is 181 Å². The van der Waals surface area contributed by atoms with Crippen LogP contribution in [-0.4, -0.2) is 74.9 Å². The van der Waals surface area contributed by atoms with Crippen molar-refractivity contribution >= 4 is 19.8 Å². The molecular weight excluding hydrogens is 629 g/mol. The Bertz CT molecular complexity index is 804. The normalized spacial score (nSPS) is 13.7. The van der Waals surface area contributed by atoms with E-state index < -0.39 is 32.5 Å². The maximum absolute atomic E-state index is 12.5. The summed E-state index contributed by atoms with van der Waals surface area (Å²) in [6.45, 7) is 4.18. The predicted octanol–water partition coefficient (Wildman–Crippen LogP) is 10.5. The van der Waals surface area contributed by atoms with E-state index in [-0.39, 0.29) is 26.1 Å². The Balaban J connectivity index is 3.94. The minimum atomic E-state index is -4.34. The lowest BCUT2D eigenvalue weighted by atomic mass is 10.0. The van der Waals surface area contributed by atoms with Crippen molar-refractivity contribution in [3.63, 3.8) is 0 Å². The second-order valence-electron chi connectivity index (χ2n) is 14.7. The molecule has 2 unspecified atom stereocenters. The Labute approximate surface area is 295 Å². The van der Waals surface area contributed by atoms with E-state index in [1.54, 1.807) is 0 Å². The summed E-state index contributed by atoms with van der Waals surface area (Å²) in [5.41, 5.74) is 0. The van der Waals surface area contributed by atoms with E-state index in [1.807, 2.05) is 28.1 Å². The van der Waals surface area contributed by atoms with E-state index in [9.17, 15) is 19.0 Å². The van der Waals surface area contributed by atoms with Gasteiger partial charge in [-0.1, -0.05) is 155 Å². The van der Waals surface area contributed by atoms with Gasteiger partial charge in [-0.05, 0) is 12.8 Å². The van der Waals surface area contributed by atoms with E-state index in [4.69, 9.17) is 18.5 Å². The van der Waals surface area contributed by atoms with E-state index in [2.05, 4.69) is 6.92 Å². The number of carbonyl (C=O) groups excluding carboxylic acids is 2. The van der Waals surface area contributed by atoms with Crippen LogP contribution in [0, 0.1) is 0 Å². The first kappa shape index (κ1) is 47.0. The summed E-state index contributed by atoms with van der Waals surface area (Å²) < 4.78 is 33.7. The van der Waals surface area contributed by atoms with Gasteiger partial charge in [0.2, 0.25) is 0 Å². The van der Waals surface area contributed by atoms with Crippen molar-refractivity contribution in [2.45, 2.75) is 187 Å². The van der Waals surface area contributed by atoms with Gasteiger partial charge in [0.1, 0.15) is 19.8 Å². The summed E-state index contributed by atoms with van der Waals surface area (Å²) in [5, 5.41) is 0. The second-order valence-corrected chi connectivity index (χ2v) is 16.1. The Morgan fingerprint density at radius 1 is 0.562 bits per heavy atom. The first-order chi connectivity index (χ1) is 23.0. The molecule has 0 amide bonds. The van der Waals surface area contributed by atoms with Crippen LogP contribution in [-0.2, 0) is 32.7 Å². The molecule has 48 heavy (non-hydrogen) atoms. The highest BCUT2D eigenvalue weighted by Gasteiger charge is 2.27. The van der Waals surface area contributed by atoms with Crippen molar-refractivity contribution in [1.82, 2.24) is 0 Å². The number of quaternary nitrogens is 1. The molecule has 0 radical (unpaired) electrons. The molecule has 0 aliphatic carbocycles. The zero-order valence-electron chi connectivity index (χ0n) is 32.0. The summed E-state index contributed by atoms with van der Waals surface area (Å²) in [6, 6.07) is 0. The second kappa shape index (κ2) is 32.0. The maximum Gasteiger partial charge on any atom is 0.472 e. The number of likely N-dealkylation sites (N-methyl/N-ethyl adjacent to an activating group) is 1. The number of esters is 2. The molecule has 2 atom stereocenters. The maximum atomic E-state index is 12.5. The number of carbonyl (C=O) groups is 2. The predicted molar refractivity (Wildman–Crippen MR) is 197 cm³/mol. The quantitative estimate of drug-likeness (QED) is 0.0297. The van der Waals surface area contributed by atoms with Crippen LogP contribution < -0.4 is 0 Å². The lowest BCUT2D eigenvalue weighted by Crippen LogP contribution is -2.37. The van der Waals surface area contributed by atoms with Gasteiger partial charge in [0.05, 0.1) is 27.7 Å². The average Bonchev–Trinajstić information content (AvgIpc) is 3.03. The molecule has 0 fully saturated rings. The van der Waals surface area contributed by atoms with Crippen LogP contribution in [0.3, 0.4) is 0 Å². The highest BCUT2D eigenvalue weighted by atomic mass is 31.2. The SMILES string of the molecule is CCCCCCCCCCCCCCCCCCCCCCCCC(=O)OC(COC(=O)CCCC)COP(=O)(O)OCC[N+](C)(C)C. The zero-order valence-corrected chi connectivity index (χ0v) is 32.9. The molecule has 0 saturated heterocycles. The first-order valence-corrected chi connectivity index (χ1v) is 21.3. The number of unbranched alkanes of at least 4 members (excludes halogenated alkanes) is 22. The van der Waals surface area contributed by atoms with Crippen LogP contribution in [0.15, 0.2) is 0 Å². The van der Waals surface area contributed by atoms with Crippen molar-refractivity contribution < 1.29 is 42.1 Å². The summed E-state index contributed by atoms with van der Waals surface area (Å²) in [7, 11) is 1.48. The lowest BCUT2D eigenvalue weighted by molar-refractivity contribution is -0.870. The Hall–Kier alpha value is -0.990. The van der Waals surface area contributed by atoms with Crippen LogP contribution in [0.5, 0.6) is 0 Å². The van der Waals surface area contributed by atoms with Crippen LogP contribution >= 0.6 is 7.82 Å². The van der Waals surface area contributed by atoms with E-state index in [0.29, 0.717) is 23.9 Å². The Morgan fingerprint density at radius 3 is 1.38 bits per heavy atom. The zero-order chi connectivity index (χ0) is 35.8. The number of phosphoric acid groups is 1. The number of rotatable bonds is 36. The van der Waals surface area contributed by atoms with Gasteiger partial charge < -0.3 is 18.9 Å². The summed E-state index contributed by atoms with van der Waals surface area (Å²) in [6.07, 6.45) is 29.9. The Morgan fingerprint density at radius 2 is 0.958 bits per heavy atom. The number of phosphoric ester groups is 1. The third kappa shape index (κ3) is 34.9. The van der Waals surface area contributed by atoms with Gasteiger partial charge in [0.25, 0.3) is 0 Å². The van der Waals surface area contributed by atoms with Gasteiger partial charge in [-0.25, -0.2) is 4.57 Å². The summed E-state index contributed by atoms with van der Waals surface area (Å²) >= 11 is 0. The van der Waals surface area contributed by atoms with Crippen LogP contribution in [0.4, 0.5) is 0 Å². The molecule has 9 nitrogen and oxygen atoms in total. The first-order valence-electron chi connectivity index (χ1n) is 19.8. The minimum Gasteiger partial charge on any atom is -0.462 e. The molecule has 286 valence electrons. The molecule has 0 rings (SSSR count). The molecule has 0 heterocycles. The molecule has 1 N–H and O–H groups in total. The number of hydrogen-bond donors (Lipinski definition) is 1. The third-order valence-electron chi connectivity index (χ3n) is 8.64. The van der Waals surface area contributed by atoms with Crippen molar-refractivity contribution in [2.75, 3.05) is 47.5 Å². The molecular formula is C38H77NO8P+. The van der Waals surface area contributed by atoms with Crippen LogP contribution in [0.25, 0.3) is 0 Å².